The Kier molecular flexibility index (Phi) is 6.48. The number of ether oxygens (including phenoxy) is 1. The van der Waals surface area contributed by atoms with Gasteiger partial charge in [-0.15, -0.1) is 0 Å². The Morgan fingerprint density at radius 3 is 2.55 bits per heavy atom. The molecule has 0 unspecified atom stereocenters. The SMILES string of the molecule is Cc1nc2c(OCc3ccccc3F)cccn2c1C(=O)CC(CO)(CO)c1ccccn1. The Hall–Kier alpha value is -3.62. The number of hydrogen-bond donors (Lipinski definition) is 2. The van der Waals surface area contributed by atoms with Crippen molar-refractivity contribution in [3.05, 3.63) is 95.5 Å². The summed E-state index contributed by atoms with van der Waals surface area (Å²) < 4.78 is 21.4. The number of pyridine rings is 2. The molecule has 0 radical (unpaired) electrons. The molecule has 0 fully saturated rings. The Labute approximate surface area is 190 Å². The van der Waals surface area contributed by atoms with Crippen molar-refractivity contribution in [2.24, 2.45) is 0 Å². The van der Waals surface area contributed by atoms with E-state index in [1.54, 1.807) is 72.2 Å². The molecule has 0 bridgehead atoms. The van der Waals surface area contributed by atoms with E-state index >= 15 is 0 Å². The lowest BCUT2D eigenvalue weighted by Gasteiger charge is -2.28. The number of halogens is 1. The highest BCUT2D eigenvalue weighted by molar-refractivity contribution is 5.97. The maximum Gasteiger partial charge on any atom is 0.182 e. The smallest absolute Gasteiger partial charge is 0.182 e. The molecule has 4 aromatic rings. The lowest BCUT2D eigenvalue weighted by Crippen LogP contribution is -2.38. The van der Waals surface area contributed by atoms with Crippen molar-refractivity contribution < 1.29 is 24.1 Å². The van der Waals surface area contributed by atoms with Gasteiger partial charge in [0.2, 0.25) is 0 Å². The minimum absolute atomic E-state index is 0.0132. The quantitative estimate of drug-likeness (QED) is 0.381. The number of ketones is 1. The lowest BCUT2D eigenvalue weighted by molar-refractivity contribution is 0.0771. The maximum absolute atomic E-state index is 14.0. The second-order valence-electron chi connectivity index (χ2n) is 7.90. The first-order valence-electron chi connectivity index (χ1n) is 10.5. The van der Waals surface area contributed by atoms with Gasteiger partial charge < -0.3 is 14.9 Å². The van der Waals surface area contributed by atoms with E-state index in [1.165, 1.54) is 6.07 Å². The second-order valence-corrected chi connectivity index (χ2v) is 7.90. The van der Waals surface area contributed by atoms with Gasteiger partial charge in [-0.1, -0.05) is 24.3 Å². The van der Waals surface area contributed by atoms with Crippen LogP contribution in [0.25, 0.3) is 5.65 Å². The van der Waals surface area contributed by atoms with Crippen molar-refractivity contribution in [2.45, 2.75) is 25.4 Å². The van der Waals surface area contributed by atoms with Crippen molar-refractivity contribution in [2.75, 3.05) is 13.2 Å². The largest absolute Gasteiger partial charge is 0.485 e. The number of nitrogens with zero attached hydrogens (tertiary/aromatic N) is 3. The number of imidazole rings is 1. The van der Waals surface area contributed by atoms with E-state index in [4.69, 9.17) is 4.74 Å². The first kappa shape index (κ1) is 22.6. The number of fused-ring (bicyclic) bond motifs is 1. The Morgan fingerprint density at radius 2 is 1.85 bits per heavy atom. The summed E-state index contributed by atoms with van der Waals surface area (Å²) >= 11 is 0. The Balaban J connectivity index is 1.65. The van der Waals surface area contributed by atoms with Crippen LogP contribution in [0.2, 0.25) is 0 Å². The summed E-state index contributed by atoms with van der Waals surface area (Å²) in [7, 11) is 0. The third-order valence-corrected chi connectivity index (χ3v) is 5.71. The molecular weight excluding hydrogens is 425 g/mol. The molecular formula is C25H24FN3O4. The van der Waals surface area contributed by atoms with Gasteiger partial charge in [0, 0.05) is 24.4 Å². The van der Waals surface area contributed by atoms with Crippen LogP contribution in [0.1, 0.15) is 33.9 Å². The van der Waals surface area contributed by atoms with Crippen LogP contribution in [0, 0.1) is 12.7 Å². The molecule has 7 nitrogen and oxygen atoms in total. The highest BCUT2D eigenvalue weighted by Crippen LogP contribution is 2.30. The van der Waals surface area contributed by atoms with Gasteiger partial charge in [0.05, 0.1) is 30.0 Å². The molecule has 2 N–H and O–H groups in total. The van der Waals surface area contributed by atoms with Gasteiger partial charge in [-0.2, -0.15) is 0 Å². The van der Waals surface area contributed by atoms with Crippen LogP contribution in [0.5, 0.6) is 5.75 Å². The summed E-state index contributed by atoms with van der Waals surface area (Å²) in [6.07, 6.45) is 3.09. The molecule has 1 aromatic carbocycles. The molecule has 0 aliphatic rings. The average Bonchev–Trinajstić information content (AvgIpc) is 3.19. The van der Waals surface area contributed by atoms with Crippen molar-refractivity contribution in [3.8, 4) is 5.75 Å². The number of aryl methyl sites for hydroxylation is 1. The van der Waals surface area contributed by atoms with E-state index in [9.17, 15) is 19.4 Å². The van der Waals surface area contributed by atoms with Crippen molar-refractivity contribution in [1.29, 1.82) is 0 Å². The molecule has 0 saturated carbocycles. The highest BCUT2D eigenvalue weighted by atomic mass is 19.1. The molecule has 0 atom stereocenters. The molecule has 8 heteroatoms. The maximum atomic E-state index is 14.0. The molecule has 0 saturated heterocycles. The molecule has 4 rings (SSSR count). The normalized spacial score (nSPS) is 11.6. The van der Waals surface area contributed by atoms with Crippen LogP contribution in [0.3, 0.4) is 0 Å². The molecule has 0 aliphatic carbocycles. The van der Waals surface area contributed by atoms with Gasteiger partial charge in [0.25, 0.3) is 0 Å². The monoisotopic (exact) mass is 449 g/mol. The van der Waals surface area contributed by atoms with E-state index in [-0.39, 0.29) is 24.6 Å². The van der Waals surface area contributed by atoms with Gasteiger partial charge in [-0.25, -0.2) is 9.37 Å². The van der Waals surface area contributed by atoms with E-state index in [0.29, 0.717) is 34.0 Å². The number of aliphatic hydroxyl groups is 2. The predicted octanol–water partition coefficient (Wildman–Crippen LogP) is 3.25. The number of carbonyl (C=O) groups is 1. The number of rotatable bonds is 9. The van der Waals surface area contributed by atoms with Gasteiger partial charge in [0.1, 0.15) is 18.1 Å². The molecule has 33 heavy (non-hydrogen) atoms. The van der Waals surface area contributed by atoms with Crippen molar-refractivity contribution in [1.82, 2.24) is 14.4 Å². The Morgan fingerprint density at radius 1 is 1.09 bits per heavy atom. The average molecular weight is 449 g/mol. The van der Waals surface area contributed by atoms with E-state index in [0.717, 1.165) is 0 Å². The molecule has 3 heterocycles. The molecule has 0 aliphatic heterocycles. The third kappa shape index (κ3) is 4.35. The van der Waals surface area contributed by atoms with E-state index < -0.39 is 18.6 Å². The number of Topliss-reactive ketones (excluding diaryl/α,β-unsaturated/α-hetero) is 1. The van der Waals surface area contributed by atoms with Gasteiger partial charge >= 0.3 is 0 Å². The summed E-state index contributed by atoms with van der Waals surface area (Å²) in [5.41, 5.74) is 0.838. The fourth-order valence-corrected chi connectivity index (χ4v) is 3.86. The first-order valence-corrected chi connectivity index (χ1v) is 10.5. The summed E-state index contributed by atoms with van der Waals surface area (Å²) in [6.45, 7) is 0.832. The zero-order valence-electron chi connectivity index (χ0n) is 18.1. The van der Waals surface area contributed by atoms with Gasteiger partial charge in [-0.3, -0.25) is 14.2 Å². The second kappa shape index (κ2) is 9.48. The first-order chi connectivity index (χ1) is 16.0. The molecule has 0 spiro atoms. The minimum atomic E-state index is -1.23. The van der Waals surface area contributed by atoms with Crippen LogP contribution in [-0.4, -0.2) is 43.6 Å². The van der Waals surface area contributed by atoms with E-state index in [1.807, 2.05) is 0 Å². The summed E-state index contributed by atoms with van der Waals surface area (Å²) in [4.78, 5) is 22.1. The van der Waals surface area contributed by atoms with E-state index in [2.05, 4.69) is 9.97 Å². The topological polar surface area (TPSA) is 97.0 Å². The number of aromatic nitrogens is 3. The Bertz CT molecular complexity index is 1270. The predicted molar refractivity (Wildman–Crippen MR) is 120 cm³/mol. The molecule has 0 amide bonds. The number of benzene rings is 1. The fraction of sp³-hybridized carbons (Fsp3) is 0.240. The van der Waals surface area contributed by atoms with Crippen LogP contribution in [0.15, 0.2) is 67.0 Å². The standard InChI is InChI=1S/C25H24FN3O4/c1-17-23(20(32)13-25(15-30,16-31)22-10-4-5-11-27-22)29-12-6-9-21(24(29)28-17)33-14-18-7-2-3-8-19(18)26/h2-12,30-31H,13-16H2,1H3. The van der Waals surface area contributed by atoms with Crippen LogP contribution in [0.4, 0.5) is 4.39 Å². The third-order valence-electron chi connectivity index (χ3n) is 5.71. The van der Waals surface area contributed by atoms with Gasteiger partial charge in [0.15, 0.2) is 17.2 Å². The summed E-state index contributed by atoms with van der Waals surface area (Å²) in [6, 6.07) is 14.9. The zero-order chi connectivity index (χ0) is 23.4. The molecule has 3 aromatic heterocycles. The van der Waals surface area contributed by atoms with Crippen LogP contribution >= 0.6 is 0 Å². The summed E-state index contributed by atoms with van der Waals surface area (Å²) in [5.74, 6) is -0.262. The van der Waals surface area contributed by atoms with Crippen molar-refractivity contribution >= 4 is 11.4 Å². The fourth-order valence-electron chi connectivity index (χ4n) is 3.86. The van der Waals surface area contributed by atoms with Crippen LogP contribution < -0.4 is 4.74 Å². The zero-order valence-corrected chi connectivity index (χ0v) is 18.1. The highest BCUT2D eigenvalue weighted by Gasteiger charge is 2.36. The number of aliphatic hydroxyl groups excluding tert-OH is 2. The lowest BCUT2D eigenvalue weighted by atomic mass is 9.80. The van der Waals surface area contributed by atoms with Crippen LogP contribution in [-0.2, 0) is 12.0 Å². The molecule has 170 valence electrons. The number of hydrogen-bond acceptors (Lipinski definition) is 6. The summed E-state index contributed by atoms with van der Waals surface area (Å²) in [5, 5.41) is 20.2. The van der Waals surface area contributed by atoms with Crippen molar-refractivity contribution in [3.63, 3.8) is 0 Å². The number of carbonyl (C=O) groups excluding carboxylic acids is 1. The van der Waals surface area contributed by atoms with Gasteiger partial charge in [-0.05, 0) is 37.3 Å². The minimum Gasteiger partial charge on any atom is -0.485 e.